The van der Waals surface area contributed by atoms with Gasteiger partial charge in [0, 0.05) is 6.04 Å². The van der Waals surface area contributed by atoms with Crippen LogP contribution in [0.1, 0.15) is 41.8 Å². The largest absolute Gasteiger partial charge is 0.452 e. The second-order valence-electron chi connectivity index (χ2n) is 5.23. The third kappa shape index (κ3) is 5.55. The van der Waals surface area contributed by atoms with Crippen LogP contribution in [0.5, 0.6) is 0 Å². The number of aryl methyl sites for hydroxylation is 2. The predicted molar refractivity (Wildman–Crippen MR) is 82.6 cm³/mol. The number of esters is 1. The molecule has 0 spiro atoms. The zero-order valence-electron chi connectivity index (χ0n) is 13.4. The number of urea groups is 1. The van der Waals surface area contributed by atoms with Gasteiger partial charge < -0.3 is 10.1 Å². The first-order valence-corrected chi connectivity index (χ1v) is 7.18. The van der Waals surface area contributed by atoms with Gasteiger partial charge in [0.25, 0.3) is 5.91 Å². The summed E-state index contributed by atoms with van der Waals surface area (Å²) in [6.45, 7) is 6.89. The van der Waals surface area contributed by atoms with Crippen molar-refractivity contribution in [1.82, 2.24) is 10.6 Å². The molecule has 1 aromatic rings. The van der Waals surface area contributed by atoms with Crippen LogP contribution in [-0.4, -0.2) is 30.6 Å². The molecule has 0 fully saturated rings. The highest BCUT2D eigenvalue weighted by Gasteiger charge is 2.15. The van der Waals surface area contributed by atoms with E-state index < -0.39 is 24.5 Å². The van der Waals surface area contributed by atoms with E-state index >= 15 is 0 Å². The van der Waals surface area contributed by atoms with Crippen LogP contribution in [0.2, 0.25) is 0 Å². The summed E-state index contributed by atoms with van der Waals surface area (Å²) in [5.41, 5.74) is 2.11. The lowest BCUT2D eigenvalue weighted by molar-refractivity contribution is -0.123. The molecule has 120 valence electrons. The molecule has 0 saturated heterocycles. The molecular formula is C16H22N2O4. The van der Waals surface area contributed by atoms with Crippen LogP contribution in [0.4, 0.5) is 4.79 Å². The fourth-order valence-electron chi connectivity index (χ4n) is 1.69. The van der Waals surface area contributed by atoms with Gasteiger partial charge in [0.05, 0.1) is 5.56 Å². The summed E-state index contributed by atoms with van der Waals surface area (Å²) < 4.78 is 4.93. The average Bonchev–Trinajstić information content (AvgIpc) is 2.46. The molecule has 1 aromatic carbocycles. The smallest absolute Gasteiger partial charge is 0.338 e. The molecule has 0 unspecified atom stereocenters. The molecule has 0 heterocycles. The summed E-state index contributed by atoms with van der Waals surface area (Å²) in [5, 5.41) is 4.70. The van der Waals surface area contributed by atoms with E-state index in [0.29, 0.717) is 5.56 Å². The van der Waals surface area contributed by atoms with Gasteiger partial charge in [-0.05, 0) is 38.8 Å². The van der Waals surface area contributed by atoms with E-state index in [2.05, 4.69) is 10.6 Å². The normalized spacial score (nSPS) is 11.5. The molecule has 0 bridgehead atoms. The van der Waals surface area contributed by atoms with Crippen molar-refractivity contribution in [3.8, 4) is 0 Å². The van der Waals surface area contributed by atoms with E-state index in [1.807, 2.05) is 32.9 Å². The van der Waals surface area contributed by atoms with Gasteiger partial charge in [0.1, 0.15) is 0 Å². The van der Waals surface area contributed by atoms with Gasteiger partial charge in [-0.25, -0.2) is 9.59 Å². The lowest BCUT2D eigenvalue weighted by Crippen LogP contribution is -2.44. The minimum atomic E-state index is -0.667. The number of rotatable bonds is 5. The lowest BCUT2D eigenvalue weighted by Gasteiger charge is -2.12. The Kier molecular flexibility index (Phi) is 6.56. The summed E-state index contributed by atoms with van der Waals surface area (Å²) in [7, 11) is 0. The van der Waals surface area contributed by atoms with Crippen molar-refractivity contribution in [3.05, 3.63) is 34.9 Å². The zero-order valence-corrected chi connectivity index (χ0v) is 13.4. The van der Waals surface area contributed by atoms with E-state index in [9.17, 15) is 14.4 Å². The number of carbonyl (C=O) groups is 3. The van der Waals surface area contributed by atoms with Crippen LogP contribution in [0.25, 0.3) is 0 Å². The second-order valence-corrected chi connectivity index (χ2v) is 5.23. The Morgan fingerprint density at radius 1 is 1.23 bits per heavy atom. The summed E-state index contributed by atoms with van der Waals surface area (Å²) in [6.07, 6.45) is 0.753. The van der Waals surface area contributed by atoms with Gasteiger partial charge in [0.15, 0.2) is 6.61 Å². The third-order valence-electron chi connectivity index (χ3n) is 3.19. The van der Waals surface area contributed by atoms with Crippen LogP contribution in [-0.2, 0) is 9.53 Å². The van der Waals surface area contributed by atoms with Gasteiger partial charge in [-0.2, -0.15) is 0 Å². The summed E-state index contributed by atoms with van der Waals surface area (Å²) in [4.78, 5) is 34.9. The summed E-state index contributed by atoms with van der Waals surface area (Å²) >= 11 is 0. The van der Waals surface area contributed by atoms with Gasteiger partial charge in [-0.15, -0.1) is 0 Å². The lowest BCUT2D eigenvalue weighted by atomic mass is 10.1. The van der Waals surface area contributed by atoms with Crippen molar-refractivity contribution in [2.45, 2.75) is 40.2 Å². The first-order valence-electron chi connectivity index (χ1n) is 7.18. The molecule has 1 rings (SSSR count). The molecular weight excluding hydrogens is 284 g/mol. The van der Waals surface area contributed by atoms with Crippen LogP contribution < -0.4 is 10.6 Å². The fraction of sp³-hybridized carbons (Fsp3) is 0.438. The number of hydrogen-bond acceptors (Lipinski definition) is 4. The number of nitrogens with one attached hydrogen (secondary N) is 2. The van der Waals surface area contributed by atoms with Crippen LogP contribution >= 0.6 is 0 Å². The molecule has 6 heteroatoms. The third-order valence-corrected chi connectivity index (χ3v) is 3.19. The SMILES string of the molecule is CC[C@H](C)NC(=O)NC(=O)COC(=O)c1cc(C)ccc1C. The maximum Gasteiger partial charge on any atom is 0.338 e. The van der Waals surface area contributed by atoms with Crippen LogP contribution in [0.3, 0.4) is 0 Å². The molecule has 1 atom stereocenters. The average molecular weight is 306 g/mol. The molecule has 0 aliphatic heterocycles. The van der Waals surface area contributed by atoms with Crippen molar-refractivity contribution in [1.29, 1.82) is 0 Å². The minimum absolute atomic E-state index is 0.0368. The van der Waals surface area contributed by atoms with Gasteiger partial charge in [-0.1, -0.05) is 24.6 Å². The maximum atomic E-state index is 11.9. The van der Waals surface area contributed by atoms with E-state index in [1.165, 1.54) is 0 Å². The quantitative estimate of drug-likeness (QED) is 0.816. The van der Waals surface area contributed by atoms with Crippen molar-refractivity contribution < 1.29 is 19.1 Å². The molecule has 22 heavy (non-hydrogen) atoms. The highest BCUT2D eigenvalue weighted by molar-refractivity contribution is 5.97. The van der Waals surface area contributed by atoms with Crippen molar-refractivity contribution >= 4 is 17.9 Å². The standard InChI is InChI=1S/C16H22N2O4/c1-5-12(4)17-16(21)18-14(19)9-22-15(20)13-8-10(2)6-7-11(13)3/h6-8,12H,5,9H2,1-4H3,(H2,17,18,19,21)/t12-/m0/s1. The number of benzene rings is 1. The Bertz CT molecular complexity index is 569. The predicted octanol–water partition coefficient (Wildman–Crippen LogP) is 2.08. The van der Waals surface area contributed by atoms with Gasteiger partial charge in [0.2, 0.25) is 0 Å². The maximum absolute atomic E-state index is 11.9. The number of hydrogen-bond donors (Lipinski definition) is 2. The zero-order chi connectivity index (χ0) is 16.7. The van der Waals surface area contributed by atoms with Crippen molar-refractivity contribution in [2.75, 3.05) is 6.61 Å². The Labute approximate surface area is 130 Å². The van der Waals surface area contributed by atoms with Gasteiger partial charge >= 0.3 is 12.0 Å². The van der Waals surface area contributed by atoms with E-state index in [4.69, 9.17) is 4.74 Å². The molecule has 2 N–H and O–H groups in total. The number of ether oxygens (including phenoxy) is 1. The first-order chi connectivity index (χ1) is 10.3. The van der Waals surface area contributed by atoms with Crippen LogP contribution in [0, 0.1) is 13.8 Å². The van der Waals surface area contributed by atoms with Crippen LogP contribution in [0.15, 0.2) is 18.2 Å². The molecule has 0 aliphatic rings. The summed E-state index contributed by atoms with van der Waals surface area (Å²) in [5.74, 6) is -1.25. The van der Waals surface area contributed by atoms with E-state index in [0.717, 1.165) is 17.5 Å². The van der Waals surface area contributed by atoms with Crippen molar-refractivity contribution in [2.24, 2.45) is 0 Å². The number of carbonyl (C=O) groups excluding carboxylic acids is 3. The number of imide groups is 1. The molecule has 0 aromatic heterocycles. The van der Waals surface area contributed by atoms with E-state index in [1.54, 1.807) is 13.0 Å². The topological polar surface area (TPSA) is 84.5 Å². The number of amides is 3. The second kappa shape index (κ2) is 8.17. The molecule has 6 nitrogen and oxygen atoms in total. The Balaban J connectivity index is 2.48. The summed E-state index contributed by atoms with van der Waals surface area (Å²) in [6, 6.07) is 4.77. The molecule has 0 aliphatic carbocycles. The van der Waals surface area contributed by atoms with Gasteiger partial charge in [-0.3, -0.25) is 10.1 Å². The first kappa shape index (κ1) is 17.7. The minimum Gasteiger partial charge on any atom is -0.452 e. The highest BCUT2D eigenvalue weighted by atomic mass is 16.5. The fourth-order valence-corrected chi connectivity index (χ4v) is 1.69. The Hall–Kier alpha value is -2.37. The monoisotopic (exact) mass is 306 g/mol. The molecule has 0 saturated carbocycles. The molecule has 0 radical (unpaired) electrons. The Morgan fingerprint density at radius 3 is 2.55 bits per heavy atom. The van der Waals surface area contributed by atoms with E-state index in [-0.39, 0.29) is 6.04 Å². The van der Waals surface area contributed by atoms with Crippen molar-refractivity contribution in [3.63, 3.8) is 0 Å². The Morgan fingerprint density at radius 2 is 1.91 bits per heavy atom. The highest BCUT2D eigenvalue weighted by Crippen LogP contribution is 2.11. The molecule has 3 amide bonds.